The fourth-order valence-electron chi connectivity index (χ4n) is 2.61. The molecule has 0 fully saturated rings. The molecule has 3 rings (SSSR count). The first-order valence-corrected chi connectivity index (χ1v) is 7.60. The zero-order valence-corrected chi connectivity index (χ0v) is 13.7. The van der Waals surface area contributed by atoms with E-state index in [9.17, 15) is 4.79 Å². The Hall–Kier alpha value is -2.81. The lowest BCUT2D eigenvalue weighted by Gasteiger charge is -2.19. The van der Waals surface area contributed by atoms with Gasteiger partial charge in [-0.15, -0.1) is 0 Å². The maximum absolute atomic E-state index is 12.8. The predicted octanol–water partition coefficient (Wildman–Crippen LogP) is 4.18. The maximum atomic E-state index is 12.8. The first kappa shape index (κ1) is 15.1. The van der Waals surface area contributed by atoms with Crippen LogP contribution in [0.4, 0.5) is 11.4 Å². The third-order valence-electron chi connectivity index (χ3n) is 4.03. The Morgan fingerprint density at radius 1 is 0.739 bits per heavy atom. The van der Waals surface area contributed by atoms with E-state index in [1.54, 1.807) is 4.90 Å². The molecule has 0 saturated carbocycles. The molecule has 116 valence electrons. The Morgan fingerprint density at radius 2 is 1.48 bits per heavy atom. The molecular weight excluding hydrogens is 284 g/mol. The van der Waals surface area contributed by atoms with Crippen molar-refractivity contribution in [2.45, 2.75) is 0 Å². The van der Waals surface area contributed by atoms with Gasteiger partial charge in [-0.25, -0.2) is 0 Å². The highest BCUT2D eigenvalue weighted by atomic mass is 16.2. The van der Waals surface area contributed by atoms with Crippen molar-refractivity contribution in [1.29, 1.82) is 0 Å². The quantitative estimate of drug-likeness (QED) is 0.724. The standard InChI is InChI=1S/C20H20N2O/c1-21(2)18-10-6-9-17(14-18)20(23)22(3)19-12-11-15-7-4-5-8-16(15)13-19/h4-14H,1-3H3. The van der Waals surface area contributed by atoms with Gasteiger partial charge in [-0.1, -0.05) is 36.4 Å². The zero-order valence-electron chi connectivity index (χ0n) is 13.7. The fraction of sp³-hybridized carbons (Fsp3) is 0.150. The summed E-state index contributed by atoms with van der Waals surface area (Å²) < 4.78 is 0. The van der Waals surface area contributed by atoms with Gasteiger partial charge in [0.05, 0.1) is 0 Å². The first-order valence-electron chi connectivity index (χ1n) is 7.60. The molecule has 23 heavy (non-hydrogen) atoms. The molecule has 0 heterocycles. The van der Waals surface area contributed by atoms with Crippen molar-refractivity contribution in [3.8, 4) is 0 Å². The minimum atomic E-state index is -0.0102. The minimum absolute atomic E-state index is 0.0102. The third kappa shape index (κ3) is 3.04. The van der Waals surface area contributed by atoms with Crippen molar-refractivity contribution in [3.05, 3.63) is 72.3 Å². The van der Waals surface area contributed by atoms with Crippen molar-refractivity contribution in [2.24, 2.45) is 0 Å². The third-order valence-corrected chi connectivity index (χ3v) is 4.03. The maximum Gasteiger partial charge on any atom is 0.258 e. The number of hydrogen-bond donors (Lipinski definition) is 0. The van der Waals surface area contributed by atoms with E-state index in [1.807, 2.05) is 80.6 Å². The van der Waals surface area contributed by atoms with Crippen molar-refractivity contribution >= 4 is 28.1 Å². The Morgan fingerprint density at radius 3 is 2.22 bits per heavy atom. The number of carbonyl (C=O) groups is 1. The molecule has 0 bridgehead atoms. The second-order valence-corrected chi connectivity index (χ2v) is 5.84. The van der Waals surface area contributed by atoms with Gasteiger partial charge in [0.15, 0.2) is 0 Å². The summed E-state index contributed by atoms with van der Waals surface area (Å²) >= 11 is 0. The molecule has 3 heteroatoms. The van der Waals surface area contributed by atoms with Crippen LogP contribution >= 0.6 is 0 Å². The summed E-state index contributed by atoms with van der Waals surface area (Å²) in [6, 6.07) is 21.9. The molecule has 0 aliphatic heterocycles. The van der Waals surface area contributed by atoms with E-state index in [2.05, 4.69) is 12.1 Å². The van der Waals surface area contributed by atoms with E-state index in [1.165, 1.54) is 5.39 Å². The Labute approximate surface area is 136 Å². The summed E-state index contributed by atoms with van der Waals surface area (Å²) in [5.74, 6) is -0.0102. The van der Waals surface area contributed by atoms with Crippen molar-refractivity contribution < 1.29 is 4.79 Å². The summed E-state index contributed by atoms with van der Waals surface area (Å²) in [6.45, 7) is 0. The van der Waals surface area contributed by atoms with Gasteiger partial charge in [-0.3, -0.25) is 4.79 Å². The summed E-state index contributed by atoms with van der Waals surface area (Å²) in [5, 5.41) is 2.30. The second-order valence-electron chi connectivity index (χ2n) is 5.84. The molecule has 3 nitrogen and oxygen atoms in total. The Kier molecular flexibility index (Phi) is 4.02. The average Bonchev–Trinajstić information content (AvgIpc) is 2.60. The number of amides is 1. The molecule has 0 radical (unpaired) electrons. The van der Waals surface area contributed by atoms with Gasteiger partial charge in [0.1, 0.15) is 0 Å². The summed E-state index contributed by atoms with van der Waals surface area (Å²) in [6.07, 6.45) is 0. The lowest BCUT2D eigenvalue weighted by molar-refractivity contribution is 0.0993. The monoisotopic (exact) mass is 304 g/mol. The first-order chi connectivity index (χ1) is 11.1. The molecule has 3 aromatic rings. The number of benzene rings is 3. The highest BCUT2D eigenvalue weighted by Gasteiger charge is 2.14. The molecule has 0 spiro atoms. The van der Waals surface area contributed by atoms with Gasteiger partial charge in [-0.2, -0.15) is 0 Å². The van der Waals surface area contributed by atoms with Crippen LogP contribution in [0.3, 0.4) is 0 Å². The highest BCUT2D eigenvalue weighted by Crippen LogP contribution is 2.23. The lowest BCUT2D eigenvalue weighted by atomic mass is 10.1. The molecule has 0 aliphatic carbocycles. The van der Waals surface area contributed by atoms with Crippen LogP contribution < -0.4 is 9.80 Å². The highest BCUT2D eigenvalue weighted by molar-refractivity contribution is 6.07. The number of nitrogens with zero attached hydrogens (tertiary/aromatic N) is 2. The molecule has 0 N–H and O–H groups in total. The predicted molar refractivity (Wildman–Crippen MR) is 97.5 cm³/mol. The molecule has 0 atom stereocenters. The molecule has 0 aromatic heterocycles. The smallest absolute Gasteiger partial charge is 0.258 e. The van der Waals surface area contributed by atoms with Crippen LogP contribution in [0.25, 0.3) is 10.8 Å². The largest absolute Gasteiger partial charge is 0.378 e. The number of hydrogen-bond acceptors (Lipinski definition) is 2. The van der Waals surface area contributed by atoms with Gasteiger partial charge >= 0.3 is 0 Å². The van der Waals surface area contributed by atoms with E-state index in [0.29, 0.717) is 5.56 Å². The van der Waals surface area contributed by atoms with Crippen molar-refractivity contribution in [2.75, 3.05) is 30.9 Å². The number of fused-ring (bicyclic) bond motifs is 1. The second kappa shape index (κ2) is 6.13. The van der Waals surface area contributed by atoms with Gasteiger partial charge in [0.2, 0.25) is 0 Å². The van der Waals surface area contributed by atoms with Gasteiger partial charge in [0.25, 0.3) is 5.91 Å². The van der Waals surface area contributed by atoms with Gasteiger partial charge in [0, 0.05) is 38.1 Å². The number of rotatable bonds is 3. The molecule has 0 aliphatic rings. The fourth-order valence-corrected chi connectivity index (χ4v) is 2.61. The van der Waals surface area contributed by atoms with E-state index in [0.717, 1.165) is 16.8 Å². The summed E-state index contributed by atoms with van der Waals surface area (Å²) in [7, 11) is 5.75. The van der Waals surface area contributed by atoms with Gasteiger partial charge in [-0.05, 0) is 41.1 Å². The Balaban J connectivity index is 1.93. The summed E-state index contributed by atoms with van der Waals surface area (Å²) in [4.78, 5) is 16.5. The van der Waals surface area contributed by atoms with Crippen LogP contribution in [0.5, 0.6) is 0 Å². The topological polar surface area (TPSA) is 23.6 Å². The van der Waals surface area contributed by atoms with Crippen LogP contribution in [0.2, 0.25) is 0 Å². The van der Waals surface area contributed by atoms with E-state index < -0.39 is 0 Å². The molecule has 1 amide bonds. The zero-order chi connectivity index (χ0) is 16.4. The summed E-state index contributed by atoms with van der Waals surface area (Å²) in [5.41, 5.74) is 2.60. The average molecular weight is 304 g/mol. The van der Waals surface area contributed by atoms with Crippen LogP contribution in [-0.2, 0) is 0 Å². The van der Waals surface area contributed by atoms with Crippen molar-refractivity contribution in [3.63, 3.8) is 0 Å². The van der Waals surface area contributed by atoms with Crippen LogP contribution in [0.15, 0.2) is 66.7 Å². The number of anilines is 2. The molecule has 0 saturated heterocycles. The molecular formula is C20H20N2O. The normalized spacial score (nSPS) is 10.6. The Bertz CT molecular complexity index is 855. The lowest BCUT2D eigenvalue weighted by Crippen LogP contribution is -2.26. The van der Waals surface area contributed by atoms with Crippen molar-refractivity contribution in [1.82, 2.24) is 0 Å². The minimum Gasteiger partial charge on any atom is -0.378 e. The van der Waals surface area contributed by atoms with E-state index >= 15 is 0 Å². The molecule has 3 aromatic carbocycles. The van der Waals surface area contributed by atoms with E-state index in [4.69, 9.17) is 0 Å². The molecule has 0 unspecified atom stereocenters. The van der Waals surface area contributed by atoms with Crippen LogP contribution in [0, 0.1) is 0 Å². The van der Waals surface area contributed by atoms with Crippen LogP contribution in [0.1, 0.15) is 10.4 Å². The number of carbonyl (C=O) groups excluding carboxylic acids is 1. The van der Waals surface area contributed by atoms with Crippen LogP contribution in [-0.4, -0.2) is 27.1 Å². The SMILES string of the molecule is CN(C)c1cccc(C(=O)N(C)c2ccc3ccccc3c2)c1. The van der Waals surface area contributed by atoms with E-state index in [-0.39, 0.29) is 5.91 Å². The van der Waals surface area contributed by atoms with Gasteiger partial charge < -0.3 is 9.80 Å².